The second-order valence-corrected chi connectivity index (χ2v) is 3.46. The number of benzene rings is 2. The fourth-order valence-electron chi connectivity index (χ4n) is 1.37. The lowest BCUT2D eigenvalue weighted by atomic mass is 10.2. The number of nitrogens with zero attached hydrogens (tertiary/aromatic N) is 1. The summed E-state index contributed by atoms with van der Waals surface area (Å²) in [4.78, 5) is 4.02. The smallest absolute Gasteiger partial charge is 0.160 e. The van der Waals surface area contributed by atoms with Crippen molar-refractivity contribution in [2.75, 3.05) is 0 Å². The van der Waals surface area contributed by atoms with Crippen LogP contribution in [-0.2, 0) is 0 Å². The molecule has 0 unspecified atom stereocenters. The minimum Gasteiger partial charge on any atom is -0.383 e. The lowest BCUT2D eigenvalue weighted by Gasteiger charge is -2.01. The molecule has 0 aliphatic heterocycles. The largest absolute Gasteiger partial charge is 0.383 e. The molecule has 2 aromatic rings. The van der Waals surface area contributed by atoms with Gasteiger partial charge in [0.15, 0.2) is 11.6 Å². The van der Waals surface area contributed by atoms with Crippen molar-refractivity contribution >= 4 is 11.5 Å². The van der Waals surface area contributed by atoms with Gasteiger partial charge in [0, 0.05) is 11.6 Å². The van der Waals surface area contributed by atoms with Gasteiger partial charge in [-0.1, -0.05) is 30.3 Å². The first-order valence-electron chi connectivity index (χ1n) is 5.01. The lowest BCUT2D eigenvalue weighted by Crippen LogP contribution is -2.12. The fourth-order valence-corrected chi connectivity index (χ4v) is 1.37. The van der Waals surface area contributed by atoms with E-state index >= 15 is 0 Å². The number of amidine groups is 1. The van der Waals surface area contributed by atoms with Crippen LogP contribution in [0, 0.1) is 11.6 Å². The normalized spacial score (nSPS) is 11.5. The predicted molar refractivity (Wildman–Crippen MR) is 63.2 cm³/mol. The van der Waals surface area contributed by atoms with Crippen LogP contribution in [-0.4, -0.2) is 5.84 Å². The maximum absolute atomic E-state index is 12.9. The highest BCUT2D eigenvalue weighted by Gasteiger charge is 2.03. The molecular weight excluding hydrogens is 222 g/mol. The van der Waals surface area contributed by atoms with Gasteiger partial charge in [-0.25, -0.2) is 13.8 Å². The van der Waals surface area contributed by atoms with E-state index in [1.54, 1.807) is 12.1 Å². The van der Waals surface area contributed by atoms with Crippen LogP contribution in [0.2, 0.25) is 0 Å². The molecule has 0 saturated heterocycles. The van der Waals surface area contributed by atoms with Gasteiger partial charge in [-0.15, -0.1) is 0 Å². The van der Waals surface area contributed by atoms with Crippen molar-refractivity contribution in [2.45, 2.75) is 0 Å². The molecule has 0 saturated carbocycles. The molecule has 0 amide bonds. The maximum atomic E-state index is 12.9. The Kier molecular flexibility index (Phi) is 3.14. The number of hydrogen-bond donors (Lipinski definition) is 1. The van der Waals surface area contributed by atoms with Crippen LogP contribution in [0.15, 0.2) is 53.5 Å². The highest BCUT2D eigenvalue weighted by Crippen LogP contribution is 2.16. The van der Waals surface area contributed by atoms with E-state index in [0.29, 0.717) is 0 Å². The van der Waals surface area contributed by atoms with Crippen LogP contribution < -0.4 is 5.73 Å². The first-order valence-corrected chi connectivity index (χ1v) is 5.01. The minimum atomic E-state index is -0.938. The number of rotatable bonds is 2. The standard InChI is InChI=1S/C13H10F2N2/c14-11-7-6-10(8-12(11)15)17-13(16)9-4-2-1-3-5-9/h1-8H,(H2,16,17). The Bertz CT molecular complexity index is 551. The fraction of sp³-hybridized carbons (Fsp3) is 0. The molecule has 0 aromatic heterocycles. The van der Waals surface area contributed by atoms with E-state index in [-0.39, 0.29) is 11.5 Å². The zero-order chi connectivity index (χ0) is 12.3. The van der Waals surface area contributed by atoms with Crippen LogP contribution in [0.3, 0.4) is 0 Å². The van der Waals surface area contributed by atoms with E-state index in [4.69, 9.17) is 5.73 Å². The van der Waals surface area contributed by atoms with Crippen molar-refractivity contribution in [2.24, 2.45) is 10.7 Å². The molecule has 2 N–H and O–H groups in total. The van der Waals surface area contributed by atoms with Crippen LogP contribution in [0.4, 0.5) is 14.5 Å². The molecule has 0 aliphatic rings. The Morgan fingerprint density at radius 2 is 1.65 bits per heavy atom. The number of nitrogens with two attached hydrogens (primary N) is 1. The number of hydrogen-bond acceptors (Lipinski definition) is 1. The van der Waals surface area contributed by atoms with E-state index in [0.717, 1.165) is 17.7 Å². The minimum absolute atomic E-state index is 0.261. The third kappa shape index (κ3) is 2.66. The van der Waals surface area contributed by atoms with Crippen LogP contribution in [0.5, 0.6) is 0 Å². The molecule has 0 bridgehead atoms. The van der Waals surface area contributed by atoms with E-state index in [1.807, 2.05) is 18.2 Å². The van der Waals surface area contributed by atoms with Gasteiger partial charge in [0.1, 0.15) is 5.84 Å². The monoisotopic (exact) mass is 232 g/mol. The molecule has 17 heavy (non-hydrogen) atoms. The summed E-state index contributed by atoms with van der Waals surface area (Å²) >= 11 is 0. The molecular formula is C13H10F2N2. The molecule has 4 heteroatoms. The Labute approximate surface area is 97.4 Å². The SMILES string of the molecule is NC(=Nc1ccc(F)c(F)c1)c1ccccc1. The van der Waals surface area contributed by atoms with Crippen molar-refractivity contribution in [3.05, 3.63) is 65.7 Å². The Balaban J connectivity index is 2.33. The summed E-state index contributed by atoms with van der Waals surface area (Å²) in [6, 6.07) is 12.5. The molecule has 0 heterocycles. The highest BCUT2D eigenvalue weighted by molar-refractivity contribution is 5.98. The first kappa shape index (κ1) is 11.3. The molecule has 2 nitrogen and oxygen atoms in total. The average molecular weight is 232 g/mol. The quantitative estimate of drug-likeness (QED) is 0.627. The molecule has 0 aliphatic carbocycles. The van der Waals surface area contributed by atoms with Gasteiger partial charge in [-0.2, -0.15) is 0 Å². The summed E-state index contributed by atoms with van der Waals surface area (Å²) in [5, 5.41) is 0. The van der Waals surface area contributed by atoms with Gasteiger partial charge in [0.2, 0.25) is 0 Å². The van der Waals surface area contributed by atoms with Gasteiger partial charge >= 0.3 is 0 Å². The number of aliphatic imine (C=N–C) groups is 1. The molecule has 0 spiro atoms. The molecule has 2 rings (SSSR count). The van der Waals surface area contributed by atoms with Gasteiger partial charge in [0.05, 0.1) is 5.69 Å². The summed E-state index contributed by atoms with van der Waals surface area (Å²) < 4.78 is 25.7. The molecule has 2 aromatic carbocycles. The van der Waals surface area contributed by atoms with Gasteiger partial charge in [0.25, 0.3) is 0 Å². The third-order valence-corrected chi connectivity index (χ3v) is 2.22. The molecule has 0 radical (unpaired) electrons. The van der Waals surface area contributed by atoms with E-state index in [9.17, 15) is 8.78 Å². The topological polar surface area (TPSA) is 38.4 Å². The summed E-state index contributed by atoms with van der Waals surface area (Å²) in [6.45, 7) is 0. The first-order chi connectivity index (χ1) is 8.16. The second-order valence-electron chi connectivity index (χ2n) is 3.46. The van der Waals surface area contributed by atoms with Crippen molar-refractivity contribution in [1.29, 1.82) is 0 Å². The van der Waals surface area contributed by atoms with Crippen molar-refractivity contribution in [3.63, 3.8) is 0 Å². The summed E-state index contributed by atoms with van der Waals surface area (Å²) in [7, 11) is 0. The van der Waals surface area contributed by atoms with Crippen LogP contribution >= 0.6 is 0 Å². The molecule has 0 fully saturated rings. The van der Waals surface area contributed by atoms with E-state index < -0.39 is 11.6 Å². The Morgan fingerprint density at radius 3 is 2.29 bits per heavy atom. The van der Waals surface area contributed by atoms with Crippen molar-refractivity contribution < 1.29 is 8.78 Å². The van der Waals surface area contributed by atoms with E-state index in [2.05, 4.69) is 4.99 Å². The molecule has 86 valence electrons. The second kappa shape index (κ2) is 4.74. The van der Waals surface area contributed by atoms with Gasteiger partial charge in [-0.05, 0) is 12.1 Å². The third-order valence-electron chi connectivity index (χ3n) is 2.22. The number of halogens is 2. The van der Waals surface area contributed by atoms with Crippen molar-refractivity contribution in [3.8, 4) is 0 Å². The maximum Gasteiger partial charge on any atom is 0.160 e. The lowest BCUT2D eigenvalue weighted by molar-refractivity contribution is 0.509. The van der Waals surface area contributed by atoms with Gasteiger partial charge in [-0.3, -0.25) is 0 Å². The predicted octanol–water partition coefficient (Wildman–Crippen LogP) is 3.00. The van der Waals surface area contributed by atoms with Crippen LogP contribution in [0.25, 0.3) is 0 Å². The summed E-state index contributed by atoms with van der Waals surface area (Å²) in [5.74, 6) is -1.58. The molecule has 0 atom stereocenters. The zero-order valence-electron chi connectivity index (χ0n) is 8.90. The average Bonchev–Trinajstić information content (AvgIpc) is 2.35. The highest BCUT2D eigenvalue weighted by atomic mass is 19.2. The summed E-state index contributed by atoms with van der Waals surface area (Å²) in [6.07, 6.45) is 0. The van der Waals surface area contributed by atoms with E-state index in [1.165, 1.54) is 6.07 Å². The zero-order valence-corrected chi connectivity index (χ0v) is 8.90. The van der Waals surface area contributed by atoms with Crippen molar-refractivity contribution in [1.82, 2.24) is 0 Å². The van der Waals surface area contributed by atoms with Crippen LogP contribution in [0.1, 0.15) is 5.56 Å². The Morgan fingerprint density at radius 1 is 0.941 bits per heavy atom. The van der Waals surface area contributed by atoms with Gasteiger partial charge < -0.3 is 5.73 Å². The summed E-state index contributed by atoms with van der Waals surface area (Å²) in [5.41, 5.74) is 6.77. The Hall–Kier alpha value is -2.23.